The molecule has 1 aromatic carbocycles. The first-order valence-electron chi connectivity index (χ1n) is 12.1. The Morgan fingerprint density at radius 1 is 1.34 bits per heavy atom. The minimum absolute atomic E-state index is 0. The van der Waals surface area contributed by atoms with Crippen LogP contribution in [0.15, 0.2) is 51.0 Å². The van der Waals surface area contributed by atoms with Gasteiger partial charge in [0.2, 0.25) is 0 Å². The van der Waals surface area contributed by atoms with Crippen molar-refractivity contribution in [1.29, 1.82) is 0 Å². The molecule has 13 heteroatoms. The highest BCUT2D eigenvalue weighted by Crippen LogP contribution is 2.36. The maximum atomic E-state index is 13.1. The molecule has 3 aromatic rings. The van der Waals surface area contributed by atoms with Gasteiger partial charge >= 0.3 is 6.09 Å². The van der Waals surface area contributed by atoms with Crippen molar-refractivity contribution < 1.29 is 23.1 Å². The van der Waals surface area contributed by atoms with Crippen LogP contribution in [0, 0.1) is 0 Å². The molecule has 0 saturated carbocycles. The van der Waals surface area contributed by atoms with Gasteiger partial charge < -0.3 is 19.7 Å². The number of nitrogens with zero attached hydrogens (tertiary/aromatic N) is 3. The predicted octanol–water partition coefficient (Wildman–Crippen LogP) is 5.28. The number of rotatable bonds is 7. The van der Waals surface area contributed by atoms with E-state index < -0.39 is 21.7 Å². The van der Waals surface area contributed by atoms with Crippen molar-refractivity contribution in [2.45, 2.75) is 47.9 Å². The SMILES string of the molecule is CC1CN(C(=O)O)CC(C)(CCC2CN=C(c3cc4cccc(N(C)S(=O)(=O)c5cccs5)c4[nH]3)S2)O1.Cl. The summed E-state index contributed by atoms with van der Waals surface area (Å²) in [6.45, 7) is 5.32. The van der Waals surface area contributed by atoms with Gasteiger partial charge in [0.15, 0.2) is 0 Å². The molecule has 0 spiro atoms. The fraction of sp³-hybridized carbons (Fsp3) is 0.440. The molecular weight excluding hydrogens is 568 g/mol. The highest BCUT2D eigenvalue weighted by Gasteiger charge is 2.38. The molecule has 9 nitrogen and oxygen atoms in total. The van der Waals surface area contributed by atoms with E-state index in [1.165, 1.54) is 20.5 Å². The van der Waals surface area contributed by atoms with Gasteiger partial charge in [0.05, 0.1) is 48.2 Å². The third kappa shape index (κ3) is 5.69. The molecule has 2 N–H and O–H groups in total. The third-order valence-corrected chi connectivity index (χ3v) is 11.2. The Bertz CT molecular complexity index is 1440. The van der Waals surface area contributed by atoms with Gasteiger partial charge in [-0.1, -0.05) is 30.0 Å². The second-order valence-electron chi connectivity index (χ2n) is 9.79. The Morgan fingerprint density at radius 3 is 2.84 bits per heavy atom. The number of thioether (sulfide) groups is 1. The number of sulfonamides is 1. The first-order chi connectivity index (χ1) is 17.6. The van der Waals surface area contributed by atoms with Crippen LogP contribution in [0.1, 0.15) is 32.4 Å². The topological polar surface area (TPSA) is 115 Å². The molecule has 5 rings (SSSR count). The Balaban J connectivity index is 0.00000336. The molecule has 2 aliphatic rings. The first-order valence-corrected chi connectivity index (χ1v) is 15.3. The second-order valence-corrected chi connectivity index (χ2v) is 14.2. The van der Waals surface area contributed by atoms with Crippen molar-refractivity contribution in [2.24, 2.45) is 4.99 Å². The number of halogens is 1. The van der Waals surface area contributed by atoms with Gasteiger partial charge in [0.25, 0.3) is 10.0 Å². The van der Waals surface area contributed by atoms with Crippen LogP contribution in [-0.4, -0.2) is 78.2 Å². The van der Waals surface area contributed by atoms with E-state index in [0.717, 1.165) is 34.5 Å². The number of benzene rings is 1. The lowest BCUT2D eigenvalue weighted by Gasteiger charge is -2.43. The van der Waals surface area contributed by atoms with Crippen LogP contribution >= 0.6 is 35.5 Å². The number of amides is 1. The molecule has 2 aliphatic heterocycles. The third-order valence-electron chi connectivity index (χ3n) is 6.78. The first kappa shape index (κ1) is 28.8. The summed E-state index contributed by atoms with van der Waals surface area (Å²) < 4.78 is 34.0. The number of hydrogen-bond donors (Lipinski definition) is 2. The van der Waals surface area contributed by atoms with Gasteiger partial charge in [-0.2, -0.15) is 0 Å². The average molecular weight is 599 g/mol. The zero-order chi connectivity index (χ0) is 26.4. The number of nitrogens with one attached hydrogen (secondary N) is 1. The van der Waals surface area contributed by atoms with Crippen molar-refractivity contribution in [3.8, 4) is 0 Å². The van der Waals surface area contributed by atoms with Crippen LogP contribution in [0.4, 0.5) is 10.5 Å². The highest BCUT2D eigenvalue weighted by molar-refractivity contribution is 8.15. The molecule has 0 radical (unpaired) electrons. The van der Waals surface area contributed by atoms with Crippen molar-refractivity contribution >= 4 is 73.3 Å². The smallest absolute Gasteiger partial charge is 0.407 e. The molecule has 4 heterocycles. The number of carbonyl (C=O) groups is 1. The molecular formula is C25H31ClN4O5S3. The van der Waals surface area contributed by atoms with Crippen molar-refractivity contribution in [1.82, 2.24) is 9.88 Å². The number of carboxylic acid groups (broad SMARTS) is 1. The van der Waals surface area contributed by atoms with Crippen LogP contribution in [0.2, 0.25) is 0 Å². The number of aliphatic imine (C=N–C) groups is 1. The lowest BCUT2D eigenvalue weighted by atomic mass is 9.95. The van der Waals surface area contributed by atoms with E-state index in [4.69, 9.17) is 9.73 Å². The number of anilines is 1. The van der Waals surface area contributed by atoms with Crippen LogP contribution < -0.4 is 4.31 Å². The van der Waals surface area contributed by atoms with E-state index in [-0.39, 0.29) is 23.8 Å². The average Bonchev–Trinajstić information content (AvgIpc) is 3.62. The van der Waals surface area contributed by atoms with Crippen LogP contribution in [0.25, 0.3) is 10.9 Å². The molecule has 1 amide bonds. The summed E-state index contributed by atoms with van der Waals surface area (Å²) in [7, 11) is -2.08. The largest absolute Gasteiger partial charge is 0.465 e. The standard InChI is InChI=1S/C25H30N4O5S3.ClH/c1-16-14-29(24(30)31)15-25(2,34-16)10-9-18-13-26-23(36-18)19-12-17-6-4-7-20(22(17)27-19)28(3)37(32,33)21-8-5-11-35-21;/h4-8,11-12,16,18,27H,9-10,13-15H2,1-3H3,(H,30,31);1H. The maximum absolute atomic E-state index is 13.1. The summed E-state index contributed by atoms with van der Waals surface area (Å²) in [6.07, 6.45) is 0.542. The van der Waals surface area contributed by atoms with Gasteiger partial charge in [-0.25, -0.2) is 13.2 Å². The summed E-state index contributed by atoms with van der Waals surface area (Å²) in [5, 5.41) is 13.3. The number of ether oxygens (including phenoxy) is 1. The minimum atomic E-state index is -3.65. The van der Waals surface area contributed by atoms with Gasteiger partial charge in [0, 0.05) is 17.7 Å². The van der Waals surface area contributed by atoms with Crippen LogP contribution in [0.3, 0.4) is 0 Å². The van der Waals surface area contributed by atoms with E-state index in [1.54, 1.807) is 42.4 Å². The van der Waals surface area contributed by atoms with Crippen molar-refractivity contribution in [3.63, 3.8) is 0 Å². The molecule has 1 fully saturated rings. The monoisotopic (exact) mass is 598 g/mol. The summed E-state index contributed by atoms with van der Waals surface area (Å²) in [4.78, 5) is 21.1. The van der Waals surface area contributed by atoms with E-state index in [0.29, 0.717) is 29.5 Å². The Morgan fingerprint density at radius 2 is 2.13 bits per heavy atom. The Kier molecular flexibility index (Phi) is 8.39. The fourth-order valence-electron chi connectivity index (χ4n) is 5.00. The molecule has 3 unspecified atom stereocenters. The number of aromatic amines is 1. The lowest BCUT2D eigenvalue weighted by Crippen LogP contribution is -2.55. The number of fused-ring (bicyclic) bond motifs is 1. The molecule has 0 aliphatic carbocycles. The number of thiophene rings is 1. The molecule has 206 valence electrons. The number of para-hydroxylation sites is 1. The van der Waals surface area contributed by atoms with Crippen molar-refractivity contribution in [2.75, 3.05) is 31.0 Å². The summed E-state index contributed by atoms with van der Waals surface area (Å²) >= 11 is 2.89. The maximum Gasteiger partial charge on any atom is 0.407 e. The highest BCUT2D eigenvalue weighted by atomic mass is 35.5. The Labute approximate surface area is 236 Å². The van der Waals surface area contributed by atoms with E-state index in [9.17, 15) is 18.3 Å². The normalized spacial score (nSPS) is 23.8. The minimum Gasteiger partial charge on any atom is -0.465 e. The van der Waals surface area contributed by atoms with Gasteiger partial charge in [-0.05, 0) is 50.3 Å². The number of hydrogen-bond acceptors (Lipinski definition) is 7. The lowest BCUT2D eigenvalue weighted by molar-refractivity contribution is -0.135. The summed E-state index contributed by atoms with van der Waals surface area (Å²) in [5.41, 5.74) is 1.67. The van der Waals surface area contributed by atoms with E-state index in [1.807, 2.05) is 32.0 Å². The van der Waals surface area contributed by atoms with Gasteiger partial charge in [0.1, 0.15) is 9.25 Å². The number of morpholine rings is 1. The zero-order valence-corrected chi connectivity index (χ0v) is 24.6. The van der Waals surface area contributed by atoms with E-state index in [2.05, 4.69) is 4.98 Å². The van der Waals surface area contributed by atoms with Gasteiger partial charge in [-0.3, -0.25) is 9.30 Å². The van der Waals surface area contributed by atoms with Gasteiger partial charge in [-0.15, -0.1) is 23.7 Å². The second kappa shape index (κ2) is 11.1. The summed E-state index contributed by atoms with van der Waals surface area (Å²) in [6, 6.07) is 11.0. The molecule has 2 aromatic heterocycles. The zero-order valence-electron chi connectivity index (χ0n) is 21.3. The van der Waals surface area contributed by atoms with Crippen molar-refractivity contribution in [3.05, 3.63) is 47.5 Å². The predicted molar refractivity (Wildman–Crippen MR) is 156 cm³/mol. The van der Waals surface area contributed by atoms with E-state index >= 15 is 0 Å². The Hall–Kier alpha value is -2.25. The number of aromatic nitrogens is 1. The van der Waals surface area contributed by atoms with Crippen LogP contribution in [-0.2, 0) is 14.8 Å². The van der Waals surface area contributed by atoms with Crippen LogP contribution in [0.5, 0.6) is 0 Å². The number of H-pyrrole nitrogens is 1. The quantitative estimate of drug-likeness (QED) is 0.382. The molecule has 0 bridgehead atoms. The fourth-order valence-corrected chi connectivity index (χ4v) is 8.45. The molecule has 3 atom stereocenters. The summed E-state index contributed by atoms with van der Waals surface area (Å²) in [5.74, 6) is 0. The molecule has 1 saturated heterocycles. The molecule has 38 heavy (non-hydrogen) atoms.